The summed E-state index contributed by atoms with van der Waals surface area (Å²) in [5, 5.41) is 12.8. The third-order valence-electron chi connectivity index (χ3n) is 2.59. The standard InChI is InChI=1S/C10H12N4O2/c1-5-7(4-11)6(2)14-9(12-5)3-8(13-14)10(15)16/h3H,4,11H2,1-2H3,(H,15,16). The third kappa shape index (κ3) is 1.43. The zero-order valence-corrected chi connectivity index (χ0v) is 9.06. The van der Waals surface area contributed by atoms with Crippen molar-refractivity contribution in [3.63, 3.8) is 0 Å². The monoisotopic (exact) mass is 220 g/mol. The molecule has 0 aliphatic heterocycles. The first-order valence-corrected chi connectivity index (χ1v) is 4.83. The van der Waals surface area contributed by atoms with E-state index in [1.165, 1.54) is 10.6 Å². The zero-order valence-electron chi connectivity index (χ0n) is 9.06. The minimum Gasteiger partial charge on any atom is -0.476 e. The SMILES string of the molecule is Cc1nc2cc(C(=O)O)nn2c(C)c1CN. The molecule has 0 radical (unpaired) electrons. The van der Waals surface area contributed by atoms with Gasteiger partial charge in [-0.1, -0.05) is 0 Å². The van der Waals surface area contributed by atoms with Gasteiger partial charge in [-0.15, -0.1) is 0 Å². The predicted molar refractivity (Wildman–Crippen MR) is 57.3 cm³/mol. The average molecular weight is 220 g/mol. The lowest BCUT2D eigenvalue weighted by Gasteiger charge is -2.07. The van der Waals surface area contributed by atoms with Gasteiger partial charge in [0.2, 0.25) is 0 Å². The van der Waals surface area contributed by atoms with Crippen molar-refractivity contribution >= 4 is 11.6 Å². The predicted octanol–water partition coefficient (Wildman–Crippen LogP) is 0.503. The van der Waals surface area contributed by atoms with Crippen molar-refractivity contribution in [2.24, 2.45) is 5.73 Å². The van der Waals surface area contributed by atoms with E-state index in [9.17, 15) is 4.79 Å². The Morgan fingerprint density at radius 2 is 2.25 bits per heavy atom. The summed E-state index contributed by atoms with van der Waals surface area (Å²) in [6, 6.07) is 1.45. The summed E-state index contributed by atoms with van der Waals surface area (Å²) >= 11 is 0. The molecule has 2 heterocycles. The molecule has 0 bridgehead atoms. The molecule has 84 valence electrons. The molecule has 3 N–H and O–H groups in total. The van der Waals surface area contributed by atoms with Gasteiger partial charge in [0.05, 0.1) is 0 Å². The van der Waals surface area contributed by atoms with Crippen LogP contribution in [0.25, 0.3) is 5.65 Å². The molecule has 0 atom stereocenters. The van der Waals surface area contributed by atoms with Crippen LogP contribution in [-0.4, -0.2) is 25.7 Å². The fourth-order valence-electron chi connectivity index (χ4n) is 1.73. The van der Waals surface area contributed by atoms with Gasteiger partial charge in [-0.25, -0.2) is 14.3 Å². The molecular weight excluding hydrogens is 208 g/mol. The number of rotatable bonds is 2. The van der Waals surface area contributed by atoms with E-state index in [0.717, 1.165) is 17.0 Å². The van der Waals surface area contributed by atoms with Crippen molar-refractivity contribution in [2.45, 2.75) is 20.4 Å². The molecule has 2 rings (SSSR count). The van der Waals surface area contributed by atoms with Gasteiger partial charge >= 0.3 is 5.97 Å². The lowest BCUT2D eigenvalue weighted by atomic mass is 10.2. The Morgan fingerprint density at radius 3 is 2.81 bits per heavy atom. The molecule has 0 aliphatic rings. The Hall–Kier alpha value is -1.95. The van der Waals surface area contributed by atoms with Gasteiger partial charge in [0.1, 0.15) is 0 Å². The number of aryl methyl sites for hydroxylation is 2. The molecule has 6 heteroatoms. The van der Waals surface area contributed by atoms with Crippen LogP contribution in [0.2, 0.25) is 0 Å². The number of nitrogens with zero attached hydrogens (tertiary/aromatic N) is 3. The van der Waals surface area contributed by atoms with Gasteiger partial charge in [0.25, 0.3) is 0 Å². The fraction of sp³-hybridized carbons (Fsp3) is 0.300. The quantitative estimate of drug-likeness (QED) is 0.768. The van der Waals surface area contributed by atoms with Crippen LogP contribution in [0.5, 0.6) is 0 Å². The van der Waals surface area contributed by atoms with E-state index in [1.807, 2.05) is 13.8 Å². The Bertz CT molecular complexity index is 574. The third-order valence-corrected chi connectivity index (χ3v) is 2.59. The van der Waals surface area contributed by atoms with Crippen LogP contribution in [0.1, 0.15) is 27.4 Å². The van der Waals surface area contributed by atoms with Crippen molar-refractivity contribution < 1.29 is 9.90 Å². The Balaban J connectivity index is 2.78. The van der Waals surface area contributed by atoms with Crippen LogP contribution in [0.4, 0.5) is 0 Å². The highest BCUT2D eigenvalue weighted by atomic mass is 16.4. The number of hydrogen-bond acceptors (Lipinski definition) is 4. The van der Waals surface area contributed by atoms with E-state index < -0.39 is 5.97 Å². The molecule has 0 amide bonds. The van der Waals surface area contributed by atoms with E-state index in [4.69, 9.17) is 10.8 Å². The van der Waals surface area contributed by atoms with Crippen LogP contribution in [0.3, 0.4) is 0 Å². The maximum atomic E-state index is 10.8. The molecule has 2 aromatic heterocycles. The summed E-state index contributed by atoms with van der Waals surface area (Å²) in [5.41, 5.74) is 8.67. The van der Waals surface area contributed by atoms with Crippen molar-refractivity contribution in [3.8, 4) is 0 Å². The first kappa shape index (κ1) is 10.6. The number of fused-ring (bicyclic) bond motifs is 1. The normalized spacial score (nSPS) is 10.9. The summed E-state index contributed by atoms with van der Waals surface area (Å²) in [6.07, 6.45) is 0. The second-order valence-electron chi connectivity index (χ2n) is 3.57. The van der Waals surface area contributed by atoms with E-state index in [0.29, 0.717) is 12.2 Å². The Labute approximate surface area is 91.7 Å². The van der Waals surface area contributed by atoms with Crippen LogP contribution in [0.15, 0.2) is 6.07 Å². The number of carboxylic acid groups (broad SMARTS) is 1. The number of carboxylic acids is 1. The molecule has 0 aliphatic carbocycles. The van der Waals surface area contributed by atoms with E-state index >= 15 is 0 Å². The van der Waals surface area contributed by atoms with Gasteiger partial charge < -0.3 is 10.8 Å². The van der Waals surface area contributed by atoms with Crippen LogP contribution in [0, 0.1) is 13.8 Å². The smallest absolute Gasteiger partial charge is 0.356 e. The summed E-state index contributed by atoms with van der Waals surface area (Å²) in [6.45, 7) is 4.06. The van der Waals surface area contributed by atoms with Crippen molar-refractivity contribution in [2.75, 3.05) is 0 Å². The molecule has 2 aromatic rings. The minimum absolute atomic E-state index is 0.0100. The summed E-state index contributed by atoms with van der Waals surface area (Å²) in [5.74, 6) is -1.06. The van der Waals surface area contributed by atoms with E-state index in [-0.39, 0.29) is 5.69 Å². The Kier molecular flexibility index (Phi) is 2.35. The molecular formula is C10H12N4O2. The minimum atomic E-state index is -1.06. The molecule has 0 fully saturated rings. The first-order valence-electron chi connectivity index (χ1n) is 4.83. The molecule has 16 heavy (non-hydrogen) atoms. The largest absolute Gasteiger partial charge is 0.476 e. The number of carbonyl (C=O) groups is 1. The molecule has 6 nitrogen and oxygen atoms in total. The van der Waals surface area contributed by atoms with Crippen LogP contribution < -0.4 is 5.73 Å². The van der Waals surface area contributed by atoms with Gasteiger partial charge in [0.15, 0.2) is 11.3 Å². The maximum Gasteiger partial charge on any atom is 0.356 e. The number of hydrogen-bond donors (Lipinski definition) is 2. The lowest BCUT2D eigenvalue weighted by Crippen LogP contribution is -2.09. The molecule has 0 unspecified atom stereocenters. The van der Waals surface area contributed by atoms with Crippen molar-refractivity contribution in [1.29, 1.82) is 0 Å². The van der Waals surface area contributed by atoms with Crippen molar-refractivity contribution in [3.05, 3.63) is 28.7 Å². The molecule has 0 saturated heterocycles. The number of nitrogens with two attached hydrogens (primary N) is 1. The second-order valence-corrected chi connectivity index (χ2v) is 3.57. The topological polar surface area (TPSA) is 93.5 Å². The fourth-order valence-corrected chi connectivity index (χ4v) is 1.73. The second kappa shape index (κ2) is 3.57. The van der Waals surface area contributed by atoms with E-state index in [1.54, 1.807) is 0 Å². The Morgan fingerprint density at radius 1 is 1.56 bits per heavy atom. The first-order chi connectivity index (χ1) is 7.54. The summed E-state index contributed by atoms with van der Waals surface area (Å²) < 4.78 is 1.51. The molecule has 0 spiro atoms. The lowest BCUT2D eigenvalue weighted by molar-refractivity contribution is 0.0690. The average Bonchev–Trinajstić information content (AvgIpc) is 2.62. The van der Waals surface area contributed by atoms with E-state index in [2.05, 4.69) is 10.1 Å². The van der Waals surface area contributed by atoms with Crippen molar-refractivity contribution in [1.82, 2.24) is 14.6 Å². The van der Waals surface area contributed by atoms with Crippen LogP contribution >= 0.6 is 0 Å². The van der Waals surface area contributed by atoms with Gasteiger partial charge in [0, 0.05) is 29.6 Å². The maximum absolute atomic E-state index is 10.8. The summed E-state index contributed by atoms with van der Waals surface area (Å²) in [4.78, 5) is 15.1. The molecule has 0 saturated carbocycles. The highest BCUT2D eigenvalue weighted by Crippen LogP contribution is 2.14. The highest BCUT2D eigenvalue weighted by Gasteiger charge is 2.14. The molecule has 0 aromatic carbocycles. The van der Waals surface area contributed by atoms with Gasteiger partial charge in [-0.3, -0.25) is 0 Å². The summed E-state index contributed by atoms with van der Waals surface area (Å²) in [7, 11) is 0. The highest BCUT2D eigenvalue weighted by molar-refractivity contribution is 5.86. The van der Waals surface area contributed by atoms with Crippen LogP contribution in [-0.2, 0) is 6.54 Å². The number of aromatic carboxylic acids is 1. The van der Waals surface area contributed by atoms with Gasteiger partial charge in [-0.05, 0) is 13.8 Å². The van der Waals surface area contributed by atoms with Gasteiger partial charge in [-0.2, -0.15) is 5.10 Å². The number of aromatic nitrogens is 3. The zero-order chi connectivity index (χ0) is 11.9.